The molecule has 0 aromatic carbocycles. The molecule has 0 unspecified atom stereocenters. The summed E-state index contributed by atoms with van der Waals surface area (Å²) in [7, 11) is 0. The molecule has 2 heterocycles. The second-order valence-corrected chi connectivity index (χ2v) is 2.66. The molecule has 0 aliphatic rings. The van der Waals surface area contributed by atoms with Gasteiger partial charge in [0.2, 0.25) is 0 Å². The predicted molar refractivity (Wildman–Crippen MR) is 44.5 cm³/mol. The van der Waals surface area contributed by atoms with Crippen LogP contribution in [0.5, 0.6) is 0 Å². The number of hydrogen-bond acceptors (Lipinski definition) is 3. The Morgan fingerprint density at radius 3 is 2.75 bits per heavy atom. The van der Waals surface area contributed by atoms with Crippen LogP contribution in [-0.4, -0.2) is 10.1 Å². The Hall–Kier alpha value is -1.64. The SMILES string of the molecule is Cc1cncc(-c2cnoc2)c1. The molecule has 60 valence electrons. The van der Waals surface area contributed by atoms with Crippen molar-refractivity contribution < 1.29 is 4.52 Å². The Kier molecular flexibility index (Phi) is 1.63. The molecule has 0 fully saturated rings. The summed E-state index contributed by atoms with van der Waals surface area (Å²) in [5.41, 5.74) is 3.14. The summed E-state index contributed by atoms with van der Waals surface area (Å²) < 4.78 is 4.73. The highest BCUT2D eigenvalue weighted by atomic mass is 16.5. The van der Waals surface area contributed by atoms with Gasteiger partial charge in [0.15, 0.2) is 0 Å². The third-order valence-corrected chi connectivity index (χ3v) is 1.64. The molecule has 0 bridgehead atoms. The summed E-state index contributed by atoms with van der Waals surface area (Å²) >= 11 is 0. The van der Waals surface area contributed by atoms with E-state index < -0.39 is 0 Å². The van der Waals surface area contributed by atoms with E-state index in [4.69, 9.17) is 4.52 Å². The minimum Gasteiger partial charge on any atom is -0.364 e. The minimum absolute atomic E-state index is 0.964. The van der Waals surface area contributed by atoms with E-state index in [1.165, 1.54) is 0 Å². The van der Waals surface area contributed by atoms with Crippen molar-refractivity contribution >= 4 is 0 Å². The molecule has 0 aliphatic heterocycles. The van der Waals surface area contributed by atoms with Crippen LogP contribution in [0.2, 0.25) is 0 Å². The summed E-state index contributed by atoms with van der Waals surface area (Å²) in [6.45, 7) is 2.00. The van der Waals surface area contributed by atoms with Gasteiger partial charge >= 0.3 is 0 Å². The first-order valence-corrected chi connectivity index (χ1v) is 3.67. The van der Waals surface area contributed by atoms with Gasteiger partial charge in [0.05, 0.1) is 6.20 Å². The smallest absolute Gasteiger partial charge is 0.131 e. The van der Waals surface area contributed by atoms with E-state index in [1.807, 2.05) is 19.2 Å². The van der Waals surface area contributed by atoms with Crippen molar-refractivity contribution in [2.24, 2.45) is 0 Å². The van der Waals surface area contributed by atoms with E-state index in [0.29, 0.717) is 0 Å². The Balaban J connectivity index is 2.48. The van der Waals surface area contributed by atoms with Gasteiger partial charge in [-0.05, 0) is 18.6 Å². The Morgan fingerprint density at radius 2 is 2.08 bits per heavy atom. The zero-order chi connectivity index (χ0) is 8.39. The van der Waals surface area contributed by atoms with Gasteiger partial charge in [-0.3, -0.25) is 4.98 Å². The first kappa shape index (κ1) is 7.03. The molecule has 0 atom stereocenters. The van der Waals surface area contributed by atoms with Gasteiger partial charge < -0.3 is 4.52 Å². The first-order chi connectivity index (χ1) is 5.86. The summed E-state index contributed by atoms with van der Waals surface area (Å²) in [5.74, 6) is 0. The zero-order valence-corrected chi connectivity index (χ0v) is 6.69. The van der Waals surface area contributed by atoms with Crippen molar-refractivity contribution in [2.45, 2.75) is 6.92 Å². The van der Waals surface area contributed by atoms with Crippen LogP contribution in [0, 0.1) is 6.92 Å². The number of rotatable bonds is 1. The minimum atomic E-state index is 0.964. The van der Waals surface area contributed by atoms with Gasteiger partial charge in [0.1, 0.15) is 6.26 Å². The molecule has 2 aromatic rings. The highest BCUT2D eigenvalue weighted by molar-refractivity contribution is 5.60. The van der Waals surface area contributed by atoms with Gasteiger partial charge in [-0.2, -0.15) is 0 Å². The standard InChI is InChI=1S/C9H8N2O/c1-7-2-8(4-10-3-7)9-5-11-12-6-9/h2-6H,1H3. The molecule has 0 saturated heterocycles. The lowest BCUT2D eigenvalue weighted by Crippen LogP contribution is -1.79. The summed E-state index contributed by atoms with van der Waals surface area (Å²) in [5, 5.41) is 3.63. The van der Waals surface area contributed by atoms with E-state index in [1.54, 1.807) is 18.7 Å². The second kappa shape index (κ2) is 2.77. The second-order valence-electron chi connectivity index (χ2n) is 2.66. The molecule has 12 heavy (non-hydrogen) atoms. The molecular weight excluding hydrogens is 152 g/mol. The van der Waals surface area contributed by atoms with Crippen LogP contribution < -0.4 is 0 Å². The third-order valence-electron chi connectivity index (χ3n) is 1.64. The normalized spacial score (nSPS) is 10.1. The Labute approximate surface area is 70.0 Å². The predicted octanol–water partition coefficient (Wildman–Crippen LogP) is 2.05. The lowest BCUT2D eigenvalue weighted by Gasteiger charge is -1.95. The topological polar surface area (TPSA) is 38.9 Å². The molecule has 2 rings (SSSR count). The summed E-state index contributed by atoms with van der Waals surface area (Å²) in [6.07, 6.45) is 6.89. The van der Waals surface area contributed by atoms with E-state index in [0.717, 1.165) is 16.7 Å². The van der Waals surface area contributed by atoms with Gasteiger partial charge in [-0.1, -0.05) is 5.16 Å². The molecule has 0 saturated carbocycles. The Bertz CT molecular complexity index is 368. The zero-order valence-electron chi connectivity index (χ0n) is 6.69. The van der Waals surface area contributed by atoms with Gasteiger partial charge in [-0.25, -0.2) is 0 Å². The molecule has 2 aromatic heterocycles. The summed E-state index contributed by atoms with van der Waals surface area (Å²) in [6, 6.07) is 2.04. The highest BCUT2D eigenvalue weighted by Gasteiger charge is 1.99. The lowest BCUT2D eigenvalue weighted by molar-refractivity contribution is 0.420. The quantitative estimate of drug-likeness (QED) is 0.640. The number of nitrogens with zero attached hydrogens (tertiary/aromatic N) is 2. The van der Waals surface area contributed by atoms with Crippen LogP contribution in [-0.2, 0) is 0 Å². The average Bonchev–Trinajstić information content (AvgIpc) is 2.56. The molecule has 3 nitrogen and oxygen atoms in total. The van der Waals surface area contributed by atoms with Crippen LogP contribution >= 0.6 is 0 Å². The maximum atomic E-state index is 4.73. The maximum absolute atomic E-state index is 4.73. The van der Waals surface area contributed by atoms with E-state index in [2.05, 4.69) is 10.1 Å². The number of pyridine rings is 1. The molecule has 0 radical (unpaired) electrons. The molecule has 0 amide bonds. The monoisotopic (exact) mass is 160 g/mol. The van der Waals surface area contributed by atoms with Crippen LogP contribution in [0.1, 0.15) is 5.56 Å². The highest BCUT2D eigenvalue weighted by Crippen LogP contribution is 2.17. The third kappa shape index (κ3) is 1.21. The Morgan fingerprint density at radius 1 is 1.17 bits per heavy atom. The van der Waals surface area contributed by atoms with E-state index in [9.17, 15) is 0 Å². The number of aryl methyl sites for hydroxylation is 1. The average molecular weight is 160 g/mol. The van der Waals surface area contributed by atoms with Crippen LogP contribution in [0.3, 0.4) is 0 Å². The number of aromatic nitrogens is 2. The van der Waals surface area contributed by atoms with E-state index in [-0.39, 0.29) is 0 Å². The van der Waals surface area contributed by atoms with Crippen molar-refractivity contribution in [3.05, 3.63) is 36.5 Å². The molecule has 0 spiro atoms. The fraction of sp³-hybridized carbons (Fsp3) is 0.111. The lowest BCUT2D eigenvalue weighted by atomic mass is 10.1. The fourth-order valence-electron chi connectivity index (χ4n) is 1.06. The van der Waals surface area contributed by atoms with E-state index >= 15 is 0 Å². The van der Waals surface area contributed by atoms with Crippen molar-refractivity contribution in [1.29, 1.82) is 0 Å². The van der Waals surface area contributed by atoms with Gasteiger partial charge in [0.25, 0.3) is 0 Å². The van der Waals surface area contributed by atoms with Gasteiger partial charge in [0, 0.05) is 23.5 Å². The van der Waals surface area contributed by atoms with Crippen LogP contribution in [0.4, 0.5) is 0 Å². The van der Waals surface area contributed by atoms with Gasteiger partial charge in [-0.15, -0.1) is 0 Å². The van der Waals surface area contributed by atoms with Crippen molar-refractivity contribution in [3.63, 3.8) is 0 Å². The molecular formula is C9H8N2O. The van der Waals surface area contributed by atoms with Crippen molar-refractivity contribution in [2.75, 3.05) is 0 Å². The molecule has 0 N–H and O–H groups in total. The van der Waals surface area contributed by atoms with Crippen LogP contribution in [0.15, 0.2) is 35.4 Å². The van der Waals surface area contributed by atoms with Crippen molar-refractivity contribution in [3.8, 4) is 11.1 Å². The largest absolute Gasteiger partial charge is 0.364 e. The summed E-state index contributed by atoms with van der Waals surface area (Å²) in [4.78, 5) is 4.07. The first-order valence-electron chi connectivity index (χ1n) is 3.67. The maximum Gasteiger partial charge on any atom is 0.131 e. The molecule has 3 heteroatoms. The molecule has 0 aliphatic carbocycles. The van der Waals surface area contributed by atoms with Crippen molar-refractivity contribution in [1.82, 2.24) is 10.1 Å². The number of hydrogen-bond donors (Lipinski definition) is 0. The van der Waals surface area contributed by atoms with Crippen LogP contribution in [0.25, 0.3) is 11.1 Å². The fourth-order valence-corrected chi connectivity index (χ4v) is 1.06.